The molecular formula is C13H21N3O. The molecule has 94 valence electrons. The first-order valence-corrected chi connectivity index (χ1v) is 6.11. The van der Waals surface area contributed by atoms with Crippen molar-refractivity contribution < 1.29 is 5.11 Å². The highest BCUT2D eigenvalue weighted by molar-refractivity contribution is 5.39. The standard InChI is InChI=1S/C13H21N3O/c1-15-5-7-16(8-6-15)10-12-11(9-14)3-2-4-13(12)17/h2-4,17H,5-10,14H2,1H3. The highest BCUT2D eigenvalue weighted by atomic mass is 16.3. The maximum Gasteiger partial charge on any atom is 0.120 e. The van der Waals surface area contributed by atoms with Crippen LogP contribution in [-0.4, -0.2) is 48.1 Å². The molecule has 1 aromatic carbocycles. The zero-order valence-corrected chi connectivity index (χ0v) is 10.4. The van der Waals surface area contributed by atoms with Crippen molar-refractivity contribution in [2.75, 3.05) is 33.2 Å². The Morgan fingerprint density at radius 3 is 2.59 bits per heavy atom. The molecule has 0 aromatic heterocycles. The fourth-order valence-corrected chi connectivity index (χ4v) is 2.22. The summed E-state index contributed by atoms with van der Waals surface area (Å²) in [5.74, 6) is 0.367. The summed E-state index contributed by atoms with van der Waals surface area (Å²) in [6.07, 6.45) is 0. The number of nitrogens with zero attached hydrogens (tertiary/aromatic N) is 2. The van der Waals surface area contributed by atoms with Crippen LogP contribution in [0, 0.1) is 0 Å². The summed E-state index contributed by atoms with van der Waals surface area (Å²) in [4.78, 5) is 4.69. The molecule has 1 aromatic rings. The zero-order valence-electron chi connectivity index (χ0n) is 10.4. The van der Waals surface area contributed by atoms with Crippen LogP contribution >= 0.6 is 0 Å². The molecule has 17 heavy (non-hydrogen) atoms. The Morgan fingerprint density at radius 1 is 1.24 bits per heavy atom. The van der Waals surface area contributed by atoms with E-state index in [4.69, 9.17) is 5.73 Å². The lowest BCUT2D eigenvalue weighted by Crippen LogP contribution is -2.44. The molecule has 1 saturated heterocycles. The monoisotopic (exact) mass is 235 g/mol. The molecule has 4 nitrogen and oxygen atoms in total. The van der Waals surface area contributed by atoms with Crippen LogP contribution in [0.2, 0.25) is 0 Å². The smallest absolute Gasteiger partial charge is 0.120 e. The molecule has 0 atom stereocenters. The summed E-state index contributed by atoms with van der Waals surface area (Å²) in [6.45, 7) is 5.56. The third-order valence-electron chi connectivity index (χ3n) is 3.45. The highest BCUT2D eigenvalue weighted by Gasteiger charge is 2.16. The zero-order chi connectivity index (χ0) is 12.3. The number of benzene rings is 1. The first-order valence-electron chi connectivity index (χ1n) is 6.11. The maximum absolute atomic E-state index is 9.91. The average Bonchev–Trinajstić information content (AvgIpc) is 2.34. The van der Waals surface area contributed by atoms with Crippen LogP contribution in [0.3, 0.4) is 0 Å². The van der Waals surface area contributed by atoms with E-state index < -0.39 is 0 Å². The summed E-state index contributed by atoms with van der Waals surface area (Å²) in [6, 6.07) is 5.58. The summed E-state index contributed by atoms with van der Waals surface area (Å²) >= 11 is 0. The summed E-state index contributed by atoms with van der Waals surface area (Å²) in [5, 5.41) is 9.91. The van der Waals surface area contributed by atoms with Crippen LogP contribution in [0.5, 0.6) is 5.75 Å². The molecule has 0 bridgehead atoms. The third-order valence-corrected chi connectivity index (χ3v) is 3.45. The number of phenolic OH excluding ortho intramolecular Hbond substituents is 1. The van der Waals surface area contributed by atoms with Gasteiger partial charge in [-0.15, -0.1) is 0 Å². The lowest BCUT2D eigenvalue weighted by Gasteiger charge is -2.32. The fourth-order valence-electron chi connectivity index (χ4n) is 2.22. The molecule has 2 rings (SSSR count). The minimum Gasteiger partial charge on any atom is -0.508 e. The van der Waals surface area contributed by atoms with Gasteiger partial charge in [-0.1, -0.05) is 12.1 Å². The molecule has 1 aliphatic rings. The number of nitrogens with two attached hydrogens (primary N) is 1. The molecule has 0 radical (unpaired) electrons. The first kappa shape index (κ1) is 12.4. The van der Waals surface area contributed by atoms with Gasteiger partial charge in [0.15, 0.2) is 0 Å². The van der Waals surface area contributed by atoms with Gasteiger partial charge in [-0.05, 0) is 18.7 Å². The Morgan fingerprint density at radius 2 is 1.94 bits per heavy atom. The lowest BCUT2D eigenvalue weighted by molar-refractivity contribution is 0.147. The van der Waals surface area contributed by atoms with Crippen LogP contribution in [0.1, 0.15) is 11.1 Å². The normalized spacial score (nSPS) is 18.5. The van der Waals surface area contributed by atoms with E-state index in [0.717, 1.165) is 43.9 Å². The Hall–Kier alpha value is -1.10. The molecule has 3 N–H and O–H groups in total. The molecule has 1 heterocycles. The van der Waals surface area contributed by atoms with Crippen LogP contribution in [-0.2, 0) is 13.1 Å². The SMILES string of the molecule is CN1CCN(Cc2c(O)cccc2CN)CC1. The van der Waals surface area contributed by atoms with Gasteiger partial charge in [-0.3, -0.25) is 4.90 Å². The highest BCUT2D eigenvalue weighted by Crippen LogP contribution is 2.23. The van der Waals surface area contributed by atoms with E-state index >= 15 is 0 Å². The topological polar surface area (TPSA) is 52.7 Å². The van der Waals surface area contributed by atoms with Crippen molar-refractivity contribution in [1.29, 1.82) is 0 Å². The predicted molar refractivity (Wildman–Crippen MR) is 68.8 cm³/mol. The fraction of sp³-hybridized carbons (Fsp3) is 0.538. The molecule has 4 heteroatoms. The average molecular weight is 235 g/mol. The lowest BCUT2D eigenvalue weighted by atomic mass is 10.1. The number of hydrogen-bond donors (Lipinski definition) is 2. The minimum atomic E-state index is 0.367. The van der Waals surface area contributed by atoms with Crippen LogP contribution in [0.4, 0.5) is 0 Å². The Balaban J connectivity index is 2.07. The summed E-state index contributed by atoms with van der Waals surface area (Å²) in [7, 11) is 2.14. The molecule has 0 aliphatic carbocycles. The van der Waals surface area contributed by atoms with Crippen molar-refractivity contribution in [2.45, 2.75) is 13.1 Å². The Kier molecular flexibility index (Phi) is 3.99. The summed E-state index contributed by atoms with van der Waals surface area (Å²) in [5.41, 5.74) is 7.74. The van der Waals surface area contributed by atoms with Crippen molar-refractivity contribution in [3.05, 3.63) is 29.3 Å². The molecule has 0 saturated carbocycles. The number of phenols is 1. The van der Waals surface area contributed by atoms with E-state index in [1.54, 1.807) is 6.07 Å². The van der Waals surface area contributed by atoms with Gasteiger partial charge >= 0.3 is 0 Å². The second-order valence-corrected chi connectivity index (χ2v) is 4.70. The van der Waals surface area contributed by atoms with Gasteiger partial charge in [0.05, 0.1) is 0 Å². The number of hydrogen-bond acceptors (Lipinski definition) is 4. The quantitative estimate of drug-likeness (QED) is 0.805. The van der Waals surface area contributed by atoms with Crippen LogP contribution < -0.4 is 5.73 Å². The van der Waals surface area contributed by atoms with Crippen LogP contribution in [0.15, 0.2) is 18.2 Å². The molecule has 1 aliphatic heterocycles. The number of rotatable bonds is 3. The maximum atomic E-state index is 9.91. The summed E-state index contributed by atoms with van der Waals surface area (Å²) < 4.78 is 0. The molecule has 0 spiro atoms. The second-order valence-electron chi connectivity index (χ2n) is 4.70. The van der Waals surface area contributed by atoms with Gasteiger partial charge < -0.3 is 15.7 Å². The van der Waals surface area contributed by atoms with E-state index in [0.29, 0.717) is 12.3 Å². The van der Waals surface area contributed by atoms with Crippen molar-refractivity contribution in [3.8, 4) is 5.75 Å². The van der Waals surface area contributed by atoms with Gasteiger partial charge in [-0.2, -0.15) is 0 Å². The van der Waals surface area contributed by atoms with Gasteiger partial charge in [0.1, 0.15) is 5.75 Å². The van der Waals surface area contributed by atoms with Crippen molar-refractivity contribution in [3.63, 3.8) is 0 Å². The molecule has 0 amide bonds. The van der Waals surface area contributed by atoms with Crippen LogP contribution in [0.25, 0.3) is 0 Å². The second kappa shape index (κ2) is 5.49. The van der Waals surface area contributed by atoms with Gasteiger partial charge in [0, 0.05) is 44.8 Å². The van der Waals surface area contributed by atoms with E-state index in [-0.39, 0.29) is 0 Å². The van der Waals surface area contributed by atoms with E-state index in [2.05, 4.69) is 16.8 Å². The van der Waals surface area contributed by atoms with E-state index in [9.17, 15) is 5.11 Å². The third kappa shape index (κ3) is 2.97. The minimum absolute atomic E-state index is 0.367. The van der Waals surface area contributed by atoms with Crippen molar-refractivity contribution in [2.24, 2.45) is 5.73 Å². The number of aromatic hydroxyl groups is 1. The Labute approximate surface area is 103 Å². The molecule has 0 unspecified atom stereocenters. The Bertz CT molecular complexity index is 373. The van der Waals surface area contributed by atoms with Gasteiger partial charge in [0.25, 0.3) is 0 Å². The number of piperazine rings is 1. The predicted octanol–water partition coefficient (Wildman–Crippen LogP) is 0.598. The molecular weight excluding hydrogens is 214 g/mol. The molecule has 1 fully saturated rings. The van der Waals surface area contributed by atoms with E-state index in [1.165, 1.54) is 0 Å². The largest absolute Gasteiger partial charge is 0.508 e. The number of likely N-dealkylation sites (N-methyl/N-ethyl adjacent to an activating group) is 1. The van der Waals surface area contributed by atoms with Crippen molar-refractivity contribution in [1.82, 2.24) is 9.80 Å². The van der Waals surface area contributed by atoms with Gasteiger partial charge in [0.2, 0.25) is 0 Å². The van der Waals surface area contributed by atoms with Crippen molar-refractivity contribution >= 4 is 0 Å². The first-order chi connectivity index (χ1) is 8.20. The van der Waals surface area contributed by atoms with Gasteiger partial charge in [-0.25, -0.2) is 0 Å². The van der Waals surface area contributed by atoms with E-state index in [1.807, 2.05) is 12.1 Å².